The number of nitrogens with one attached hydrogen (secondary N) is 2. The summed E-state index contributed by atoms with van der Waals surface area (Å²) in [6, 6.07) is -0.307. The van der Waals surface area contributed by atoms with Gasteiger partial charge in [-0.2, -0.15) is 0 Å². The Labute approximate surface area is 111 Å². The number of hydrogen-bond acceptors (Lipinski definition) is 4. The monoisotopic (exact) mass is 272 g/mol. The van der Waals surface area contributed by atoms with Gasteiger partial charge in [-0.05, 0) is 19.3 Å². The summed E-state index contributed by atoms with van der Waals surface area (Å²) >= 11 is 0. The van der Waals surface area contributed by atoms with Crippen LogP contribution in [0.5, 0.6) is 0 Å². The van der Waals surface area contributed by atoms with Gasteiger partial charge in [0, 0.05) is 26.4 Å². The van der Waals surface area contributed by atoms with Crippen molar-refractivity contribution in [2.75, 3.05) is 33.0 Å². The SMILES string of the molecule is O=C(NCC1(C(=O)O)CCOCC1)NC1CCOC1. The molecular weight excluding hydrogens is 252 g/mol. The van der Waals surface area contributed by atoms with Crippen molar-refractivity contribution >= 4 is 12.0 Å². The van der Waals surface area contributed by atoms with Gasteiger partial charge in [0.15, 0.2) is 0 Å². The third kappa shape index (κ3) is 3.57. The maximum atomic E-state index is 11.7. The number of carbonyl (C=O) groups excluding carboxylic acids is 1. The van der Waals surface area contributed by atoms with E-state index < -0.39 is 11.4 Å². The Morgan fingerprint density at radius 3 is 2.53 bits per heavy atom. The van der Waals surface area contributed by atoms with E-state index in [4.69, 9.17) is 9.47 Å². The van der Waals surface area contributed by atoms with Gasteiger partial charge in [0.1, 0.15) is 0 Å². The van der Waals surface area contributed by atoms with Crippen molar-refractivity contribution in [3.8, 4) is 0 Å². The predicted molar refractivity (Wildman–Crippen MR) is 65.9 cm³/mol. The van der Waals surface area contributed by atoms with Gasteiger partial charge in [-0.15, -0.1) is 0 Å². The predicted octanol–water partition coefficient (Wildman–Crippen LogP) is -0.0441. The highest BCUT2D eigenvalue weighted by molar-refractivity contribution is 5.78. The largest absolute Gasteiger partial charge is 0.481 e. The lowest BCUT2D eigenvalue weighted by atomic mass is 9.80. The standard InChI is InChI=1S/C12H20N2O5/c15-10(16)12(2-5-18-6-3-12)8-13-11(17)14-9-1-4-19-7-9/h9H,1-8H2,(H,15,16)(H2,13,14,17). The number of urea groups is 1. The van der Waals surface area contributed by atoms with Crippen molar-refractivity contribution < 1.29 is 24.2 Å². The van der Waals surface area contributed by atoms with Crippen LogP contribution in [0.4, 0.5) is 4.79 Å². The molecule has 0 aromatic carbocycles. The molecule has 7 heteroatoms. The molecule has 2 amide bonds. The van der Waals surface area contributed by atoms with E-state index in [1.165, 1.54) is 0 Å². The molecule has 2 fully saturated rings. The fraction of sp³-hybridized carbons (Fsp3) is 0.833. The maximum Gasteiger partial charge on any atom is 0.315 e. The summed E-state index contributed by atoms with van der Waals surface area (Å²) in [5, 5.41) is 14.8. The molecule has 0 radical (unpaired) electrons. The van der Waals surface area contributed by atoms with Crippen LogP contribution in [0.1, 0.15) is 19.3 Å². The minimum atomic E-state index is -0.901. The Kier molecular flexibility index (Phi) is 4.60. The highest BCUT2D eigenvalue weighted by Crippen LogP contribution is 2.30. The van der Waals surface area contributed by atoms with Crippen molar-refractivity contribution in [2.24, 2.45) is 5.41 Å². The Morgan fingerprint density at radius 2 is 1.95 bits per heavy atom. The molecule has 7 nitrogen and oxygen atoms in total. The van der Waals surface area contributed by atoms with Crippen LogP contribution in [-0.4, -0.2) is 56.1 Å². The maximum absolute atomic E-state index is 11.7. The van der Waals surface area contributed by atoms with E-state index in [9.17, 15) is 14.7 Å². The molecule has 0 aliphatic carbocycles. The molecule has 19 heavy (non-hydrogen) atoms. The second kappa shape index (κ2) is 6.21. The molecule has 2 aliphatic heterocycles. The lowest BCUT2D eigenvalue weighted by molar-refractivity contribution is -0.154. The first-order valence-electron chi connectivity index (χ1n) is 6.56. The molecule has 1 unspecified atom stereocenters. The van der Waals surface area contributed by atoms with Gasteiger partial charge in [-0.25, -0.2) is 4.79 Å². The number of ether oxygens (including phenoxy) is 2. The number of carboxylic acids is 1. The molecule has 0 aromatic rings. The Balaban J connectivity index is 1.81. The van der Waals surface area contributed by atoms with Crippen molar-refractivity contribution in [1.82, 2.24) is 10.6 Å². The number of hydrogen-bond donors (Lipinski definition) is 3. The second-order valence-electron chi connectivity index (χ2n) is 5.09. The fourth-order valence-corrected chi connectivity index (χ4v) is 2.36. The zero-order chi connectivity index (χ0) is 13.7. The van der Waals surface area contributed by atoms with E-state index in [2.05, 4.69) is 10.6 Å². The van der Waals surface area contributed by atoms with Crippen molar-refractivity contribution in [1.29, 1.82) is 0 Å². The first kappa shape index (κ1) is 14.1. The van der Waals surface area contributed by atoms with E-state index in [0.717, 1.165) is 6.42 Å². The molecule has 1 atom stereocenters. The Morgan fingerprint density at radius 1 is 1.21 bits per heavy atom. The molecule has 3 N–H and O–H groups in total. The summed E-state index contributed by atoms with van der Waals surface area (Å²) in [5.74, 6) is -0.875. The highest BCUT2D eigenvalue weighted by Gasteiger charge is 2.40. The molecule has 2 rings (SSSR count). The quantitative estimate of drug-likeness (QED) is 0.667. The van der Waals surface area contributed by atoms with Crippen LogP contribution in [-0.2, 0) is 14.3 Å². The fourth-order valence-electron chi connectivity index (χ4n) is 2.36. The molecule has 2 heterocycles. The van der Waals surface area contributed by atoms with Crippen LogP contribution in [0.25, 0.3) is 0 Å². The lowest BCUT2D eigenvalue weighted by Gasteiger charge is -2.33. The minimum Gasteiger partial charge on any atom is -0.481 e. The molecule has 0 spiro atoms. The van der Waals surface area contributed by atoms with Gasteiger partial charge in [-0.1, -0.05) is 0 Å². The van der Waals surface area contributed by atoms with Crippen molar-refractivity contribution in [2.45, 2.75) is 25.3 Å². The molecule has 2 aliphatic rings. The number of rotatable bonds is 4. The zero-order valence-corrected chi connectivity index (χ0v) is 10.8. The van der Waals surface area contributed by atoms with Gasteiger partial charge >= 0.3 is 12.0 Å². The average Bonchev–Trinajstić information content (AvgIpc) is 2.90. The van der Waals surface area contributed by atoms with Crippen LogP contribution in [0.2, 0.25) is 0 Å². The first-order chi connectivity index (χ1) is 9.12. The third-order valence-corrected chi connectivity index (χ3v) is 3.76. The molecule has 0 aromatic heterocycles. The van der Waals surface area contributed by atoms with E-state index in [1.54, 1.807) is 0 Å². The number of carbonyl (C=O) groups is 2. The summed E-state index contributed by atoms with van der Waals surface area (Å²) in [6.45, 7) is 2.15. The van der Waals surface area contributed by atoms with Crippen LogP contribution in [0, 0.1) is 5.41 Å². The summed E-state index contributed by atoms with van der Waals surface area (Å²) in [6.07, 6.45) is 1.65. The van der Waals surface area contributed by atoms with E-state index in [0.29, 0.717) is 39.3 Å². The van der Waals surface area contributed by atoms with E-state index >= 15 is 0 Å². The Hall–Kier alpha value is -1.34. The molecule has 0 saturated carbocycles. The second-order valence-corrected chi connectivity index (χ2v) is 5.09. The van der Waals surface area contributed by atoms with Gasteiger partial charge in [0.25, 0.3) is 0 Å². The van der Waals surface area contributed by atoms with Crippen molar-refractivity contribution in [3.63, 3.8) is 0 Å². The van der Waals surface area contributed by atoms with Crippen LogP contribution < -0.4 is 10.6 Å². The first-order valence-corrected chi connectivity index (χ1v) is 6.56. The lowest BCUT2D eigenvalue weighted by Crippen LogP contribution is -2.50. The smallest absolute Gasteiger partial charge is 0.315 e. The van der Waals surface area contributed by atoms with Crippen LogP contribution in [0.3, 0.4) is 0 Å². The van der Waals surface area contributed by atoms with Gasteiger partial charge < -0.3 is 25.2 Å². The van der Waals surface area contributed by atoms with Crippen molar-refractivity contribution in [3.05, 3.63) is 0 Å². The zero-order valence-electron chi connectivity index (χ0n) is 10.8. The molecular formula is C12H20N2O5. The molecule has 2 saturated heterocycles. The number of carboxylic acid groups (broad SMARTS) is 1. The highest BCUT2D eigenvalue weighted by atomic mass is 16.5. The van der Waals surface area contributed by atoms with Crippen LogP contribution in [0.15, 0.2) is 0 Å². The van der Waals surface area contributed by atoms with E-state index in [1.807, 2.05) is 0 Å². The summed E-state index contributed by atoms with van der Waals surface area (Å²) < 4.78 is 10.3. The van der Waals surface area contributed by atoms with Gasteiger partial charge in [0.05, 0.1) is 18.1 Å². The third-order valence-electron chi connectivity index (χ3n) is 3.76. The van der Waals surface area contributed by atoms with Gasteiger partial charge in [0.2, 0.25) is 0 Å². The summed E-state index contributed by atoms with van der Waals surface area (Å²) in [5.41, 5.74) is -0.901. The molecule has 108 valence electrons. The topological polar surface area (TPSA) is 96.9 Å². The van der Waals surface area contributed by atoms with E-state index in [-0.39, 0.29) is 18.6 Å². The number of amides is 2. The number of aliphatic carboxylic acids is 1. The molecule has 0 bridgehead atoms. The normalized spacial score (nSPS) is 25.8. The Bertz CT molecular complexity index is 335. The van der Waals surface area contributed by atoms with Crippen LogP contribution >= 0.6 is 0 Å². The minimum absolute atomic E-state index is 0.0236. The summed E-state index contributed by atoms with van der Waals surface area (Å²) in [7, 11) is 0. The van der Waals surface area contributed by atoms with Gasteiger partial charge in [-0.3, -0.25) is 4.79 Å². The summed E-state index contributed by atoms with van der Waals surface area (Å²) in [4.78, 5) is 23.1. The average molecular weight is 272 g/mol.